The molecule has 1 aromatic carbocycles. The first-order chi connectivity index (χ1) is 10.0. The average Bonchev–Trinajstić information content (AvgIpc) is 2.90. The molecule has 0 aliphatic carbocycles. The normalized spacial score (nSPS) is 11.2. The van der Waals surface area contributed by atoms with Crippen LogP contribution in [0.4, 0.5) is 0 Å². The minimum Gasteiger partial charge on any atom is -0.493 e. The molecule has 2 rings (SSSR count). The highest BCUT2D eigenvalue weighted by Crippen LogP contribution is 2.21. The molecule has 2 aromatic rings. The summed E-state index contributed by atoms with van der Waals surface area (Å²) >= 11 is 4.79. The fraction of sp³-hybridized carbons (Fsp3) is 0.235. The van der Waals surface area contributed by atoms with Crippen molar-refractivity contribution >= 4 is 39.1 Å². The number of benzene rings is 1. The first-order valence-electron chi connectivity index (χ1n) is 6.74. The zero-order valence-electron chi connectivity index (χ0n) is 12.0. The molecule has 0 atom stereocenters. The van der Waals surface area contributed by atoms with Crippen LogP contribution in [-0.4, -0.2) is 12.4 Å². The van der Waals surface area contributed by atoms with E-state index in [0.717, 1.165) is 20.7 Å². The van der Waals surface area contributed by atoms with Crippen LogP contribution in [-0.2, 0) is 0 Å². The van der Waals surface area contributed by atoms with Crippen molar-refractivity contribution in [3.05, 3.63) is 56.7 Å². The molecule has 0 aliphatic rings. The predicted molar refractivity (Wildman–Crippen MR) is 92.2 cm³/mol. The van der Waals surface area contributed by atoms with Crippen LogP contribution in [0.25, 0.3) is 6.08 Å². The molecule has 0 radical (unpaired) electrons. The van der Waals surface area contributed by atoms with Crippen LogP contribution in [0.15, 0.2) is 46.3 Å². The second-order valence-corrected chi connectivity index (χ2v) is 6.93. The molecule has 0 amide bonds. The lowest BCUT2D eigenvalue weighted by molar-refractivity contribution is 0.105. The number of allylic oxidation sites excluding steroid dienone is 1. The summed E-state index contributed by atoms with van der Waals surface area (Å²) in [6.45, 7) is 4.92. The summed E-state index contributed by atoms with van der Waals surface area (Å²) in [6.07, 6.45) is 3.41. The van der Waals surface area contributed by atoms with Gasteiger partial charge in [-0.2, -0.15) is 0 Å². The van der Waals surface area contributed by atoms with E-state index < -0.39 is 0 Å². The highest BCUT2D eigenvalue weighted by molar-refractivity contribution is 9.10. The highest BCUT2D eigenvalue weighted by atomic mass is 79.9. The summed E-state index contributed by atoms with van der Waals surface area (Å²) in [5.41, 5.74) is 0.959. The van der Waals surface area contributed by atoms with Gasteiger partial charge in [0.1, 0.15) is 5.75 Å². The van der Waals surface area contributed by atoms with Crippen LogP contribution in [0.1, 0.15) is 29.1 Å². The lowest BCUT2D eigenvalue weighted by atomic mass is 10.1. The third kappa shape index (κ3) is 5.14. The Balaban J connectivity index is 2.03. The van der Waals surface area contributed by atoms with Gasteiger partial charge >= 0.3 is 0 Å². The maximum absolute atomic E-state index is 12.0. The fourth-order valence-corrected chi connectivity index (χ4v) is 3.01. The molecular weight excluding hydrogens is 348 g/mol. The Morgan fingerprint density at radius 1 is 1.38 bits per heavy atom. The van der Waals surface area contributed by atoms with Crippen molar-refractivity contribution in [3.63, 3.8) is 0 Å². The molecule has 21 heavy (non-hydrogen) atoms. The maximum atomic E-state index is 12.0. The van der Waals surface area contributed by atoms with Gasteiger partial charge in [-0.05, 0) is 51.7 Å². The van der Waals surface area contributed by atoms with Gasteiger partial charge in [0.2, 0.25) is 0 Å². The molecule has 0 saturated heterocycles. The summed E-state index contributed by atoms with van der Waals surface area (Å²) in [5, 5.41) is 1.90. The lowest BCUT2D eigenvalue weighted by Gasteiger charge is -2.08. The van der Waals surface area contributed by atoms with Crippen molar-refractivity contribution in [2.75, 3.05) is 6.61 Å². The zero-order valence-corrected chi connectivity index (χ0v) is 14.4. The van der Waals surface area contributed by atoms with E-state index in [1.807, 2.05) is 41.8 Å². The maximum Gasteiger partial charge on any atom is 0.195 e. The van der Waals surface area contributed by atoms with Crippen molar-refractivity contribution in [1.29, 1.82) is 0 Å². The van der Waals surface area contributed by atoms with Gasteiger partial charge in [0.05, 0.1) is 11.5 Å². The Labute approximate surface area is 137 Å². The standard InChI is InChI=1S/C17H17BrO2S/c1-12(2)10-20-15-5-3-4-13(8-15)6-7-16(19)17-9-14(18)11-21-17/h3-9,11-12H,10H2,1-2H3/b7-6+. The first-order valence-corrected chi connectivity index (χ1v) is 8.41. The second-order valence-electron chi connectivity index (χ2n) is 5.10. The van der Waals surface area contributed by atoms with Crippen LogP contribution >= 0.6 is 27.3 Å². The van der Waals surface area contributed by atoms with Crippen LogP contribution in [0.3, 0.4) is 0 Å². The number of rotatable bonds is 6. The van der Waals surface area contributed by atoms with E-state index in [1.165, 1.54) is 11.3 Å². The zero-order chi connectivity index (χ0) is 15.2. The van der Waals surface area contributed by atoms with E-state index in [2.05, 4.69) is 29.8 Å². The van der Waals surface area contributed by atoms with E-state index in [-0.39, 0.29) is 5.78 Å². The Hall–Kier alpha value is -1.39. The number of hydrogen-bond acceptors (Lipinski definition) is 3. The van der Waals surface area contributed by atoms with Crippen molar-refractivity contribution in [2.45, 2.75) is 13.8 Å². The van der Waals surface area contributed by atoms with Gasteiger partial charge in [-0.15, -0.1) is 11.3 Å². The van der Waals surface area contributed by atoms with Crippen molar-refractivity contribution in [3.8, 4) is 5.75 Å². The molecule has 0 spiro atoms. The number of thiophene rings is 1. The number of ether oxygens (including phenoxy) is 1. The summed E-state index contributed by atoms with van der Waals surface area (Å²) < 4.78 is 6.62. The number of hydrogen-bond donors (Lipinski definition) is 0. The van der Waals surface area contributed by atoms with Gasteiger partial charge in [-0.25, -0.2) is 0 Å². The lowest BCUT2D eigenvalue weighted by Crippen LogP contribution is -2.04. The van der Waals surface area contributed by atoms with E-state index in [9.17, 15) is 4.79 Å². The van der Waals surface area contributed by atoms with E-state index in [1.54, 1.807) is 6.08 Å². The number of carbonyl (C=O) groups is 1. The minimum absolute atomic E-state index is 0.0131. The minimum atomic E-state index is 0.0131. The van der Waals surface area contributed by atoms with Gasteiger partial charge in [0.25, 0.3) is 0 Å². The van der Waals surface area contributed by atoms with Crippen LogP contribution in [0.5, 0.6) is 5.75 Å². The van der Waals surface area contributed by atoms with Gasteiger partial charge in [0, 0.05) is 9.85 Å². The molecule has 110 valence electrons. The summed E-state index contributed by atoms with van der Waals surface area (Å²) in [5.74, 6) is 1.33. The fourth-order valence-electron chi connectivity index (χ4n) is 1.67. The second kappa shape index (κ2) is 7.57. The Kier molecular flexibility index (Phi) is 5.76. The number of halogens is 1. The van der Waals surface area contributed by atoms with Crippen LogP contribution in [0, 0.1) is 5.92 Å². The smallest absolute Gasteiger partial charge is 0.195 e. The predicted octanol–water partition coefficient (Wildman–Crippen LogP) is 5.44. The Bertz CT molecular complexity index is 644. The molecule has 1 aromatic heterocycles. The molecule has 0 N–H and O–H groups in total. The third-order valence-electron chi connectivity index (χ3n) is 2.68. The third-order valence-corrected chi connectivity index (χ3v) is 4.38. The molecule has 4 heteroatoms. The summed E-state index contributed by atoms with van der Waals surface area (Å²) in [4.78, 5) is 12.7. The SMILES string of the molecule is CC(C)COc1cccc(/C=C/C(=O)c2cc(Br)cs2)c1. The monoisotopic (exact) mass is 364 g/mol. The molecule has 0 fully saturated rings. The highest BCUT2D eigenvalue weighted by Gasteiger charge is 2.04. The molecule has 0 bridgehead atoms. The van der Waals surface area contributed by atoms with Crippen LogP contribution in [0.2, 0.25) is 0 Å². The van der Waals surface area contributed by atoms with Gasteiger partial charge in [-0.1, -0.05) is 32.1 Å². The van der Waals surface area contributed by atoms with E-state index in [4.69, 9.17) is 4.74 Å². The summed E-state index contributed by atoms with van der Waals surface area (Å²) in [6, 6.07) is 9.59. The van der Waals surface area contributed by atoms with Crippen LogP contribution < -0.4 is 4.74 Å². The first kappa shape index (κ1) is 16.0. The van der Waals surface area contributed by atoms with Crippen molar-refractivity contribution in [2.24, 2.45) is 5.92 Å². The topological polar surface area (TPSA) is 26.3 Å². The van der Waals surface area contributed by atoms with E-state index >= 15 is 0 Å². The average molecular weight is 365 g/mol. The van der Waals surface area contributed by atoms with Crippen molar-refractivity contribution < 1.29 is 9.53 Å². The molecule has 0 aliphatic heterocycles. The van der Waals surface area contributed by atoms with Gasteiger partial charge in [0.15, 0.2) is 5.78 Å². The quantitative estimate of drug-likeness (QED) is 0.503. The molecule has 1 heterocycles. The number of ketones is 1. The molecule has 0 saturated carbocycles. The summed E-state index contributed by atoms with van der Waals surface area (Å²) in [7, 11) is 0. The van der Waals surface area contributed by atoms with Crippen molar-refractivity contribution in [1.82, 2.24) is 0 Å². The van der Waals surface area contributed by atoms with E-state index in [0.29, 0.717) is 12.5 Å². The van der Waals surface area contributed by atoms with Gasteiger partial charge < -0.3 is 4.74 Å². The molecule has 0 unspecified atom stereocenters. The largest absolute Gasteiger partial charge is 0.493 e. The Morgan fingerprint density at radius 3 is 2.86 bits per heavy atom. The number of carbonyl (C=O) groups excluding carboxylic acids is 1. The molecular formula is C17H17BrO2S. The Morgan fingerprint density at radius 2 is 2.19 bits per heavy atom. The molecule has 2 nitrogen and oxygen atoms in total. The van der Waals surface area contributed by atoms with Gasteiger partial charge in [-0.3, -0.25) is 4.79 Å².